The van der Waals surface area contributed by atoms with Crippen molar-refractivity contribution in [3.05, 3.63) is 81.4 Å². The molecule has 2 saturated heterocycles. The predicted octanol–water partition coefficient (Wildman–Crippen LogP) is 4.57. The molecule has 1 aromatic heterocycles. The minimum atomic E-state index is -1.00. The molecule has 2 fully saturated rings. The number of esters is 1. The largest absolute Gasteiger partial charge is 0.497 e. The Hall–Kier alpha value is -4.44. The fourth-order valence-corrected chi connectivity index (χ4v) is 7.49. The number of ether oxygens (including phenoxy) is 3. The first-order valence-electron chi connectivity index (χ1n) is 13.1. The van der Waals surface area contributed by atoms with E-state index in [0.29, 0.717) is 17.1 Å². The van der Waals surface area contributed by atoms with Gasteiger partial charge in [0.15, 0.2) is 5.78 Å². The first kappa shape index (κ1) is 26.8. The smallest absolute Gasteiger partial charge is 0.341 e. The van der Waals surface area contributed by atoms with E-state index >= 15 is 0 Å². The number of fused-ring (bicyclic) bond motifs is 5. The molecule has 4 atom stereocenters. The Labute approximate surface area is 240 Å². The van der Waals surface area contributed by atoms with Crippen LogP contribution in [0.15, 0.2) is 48.7 Å². The maximum atomic E-state index is 14.4. The maximum absolute atomic E-state index is 14.4. The van der Waals surface area contributed by atoms with Crippen LogP contribution in [0.5, 0.6) is 11.5 Å². The number of imide groups is 1. The van der Waals surface area contributed by atoms with Crippen molar-refractivity contribution < 1.29 is 33.4 Å². The summed E-state index contributed by atoms with van der Waals surface area (Å²) in [7, 11) is 4.24. The van der Waals surface area contributed by atoms with Gasteiger partial charge in [0.25, 0.3) is 0 Å². The monoisotopic (exact) mass is 572 g/mol. The number of amides is 2. The van der Waals surface area contributed by atoms with Crippen LogP contribution in [-0.4, -0.2) is 55.8 Å². The standard InChI is InChI=1S/C31H28N2O7S/c1-15-16(2)41-30(22(15)31(37)40-5)33-28(35)23-24(29(33)36)26(27(34)20-14-18(38-3)10-11-21(20)39-4)32-13-12-17-8-6-7-9-19(17)25(23)32/h6-14,23-26H,1-5H3/t23-,24+,25?,26-/m0/s1. The van der Waals surface area contributed by atoms with Crippen LogP contribution < -0.4 is 14.4 Å². The molecule has 0 N–H and O–H groups in total. The van der Waals surface area contributed by atoms with E-state index in [-0.39, 0.29) is 21.9 Å². The van der Waals surface area contributed by atoms with E-state index in [4.69, 9.17) is 14.2 Å². The third-order valence-electron chi connectivity index (χ3n) is 8.36. The van der Waals surface area contributed by atoms with Crippen molar-refractivity contribution in [3.8, 4) is 11.5 Å². The van der Waals surface area contributed by atoms with Gasteiger partial charge in [0.2, 0.25) is 11.8 Å². The number of nitrogens with zero attached hydrogens (tertiary/aromatic N) is 2. The van der Waals surface area contributed by atoms with Gasteiger partial charge in [-0.25, -0.2) is 9.69 Å². The summed E-state index contributed by atoms with van der Waals surface area (Å²) in [5.74, 6) is -3.01. The summed E-state index contributed by atoms with van der Waals surface area (Å²) in [4.78, 5) is 59.6. The quantitative estimate of drug-likeness (QED) is 0.241. The van der Waals surface area contributed by atoms with Gasteiger partial charge in [0, 0.05) is 11.1 Å². The third kappa shape index (κ3) is 3.81. The van der Waals surface area contributed by atoms with Crippen LogP contribution in [0, 0.1) is 25.7 Å². The topological polar surface area (TPSA) is 102 Å². The second kappa shape index (κ2) is 9.88. The Morgan fingerprint density at radius 2 is 1.66 bits per heavy atom. The third-order valence-corrected chi connectivity index (χ3v) is 9.55. The zero-order chi connectivity index (χ0) is 29.2. The molecule has 0 radical (unpaired) electrons. The van der Waals surface area contributed by atoms with Gasteiger partial charge in [-0.2, -0.15) is 0 Å². The summed E-state index contributed by atoms with van der Waals surface area (Å²) >= 11 is 1.19. The van der Waals surface area contributed by atoms with Crippen molar-refractivity contribution in [3.63, 3.8) is 0 Å². The van der Waals surface area contributed by atoms with Crippen LogP contribution >= 0.6 is 11.3 Å². The highest BCUT2D eigenvalue weighted by molar-refractivity contribution is 7.17. The van der Waals surface area contributed by atoms with E-state index in [9.17, 15) is 19.2 Å². The lowest BCUT2D eigenvalue weighted by Gasteiger charge is -2.35. The van der Waals surface area contributed by atoms with Crippen LogP contribution in [0.25, 0.3) is 6.08 Å². The van der Waals surface area contributed by atoms with E-state index in [2.05, 4.69) is 0 Å². The molecular weight excluding hydrogens is 544 g/mol. The highest BCUT2D eigenvalue weighted by Crippen LogP contribution is 2.55. The molecule has 6 rings (SSSR count). The number of thiophene rings is 1. The molecule has 0 bridgehead atoms. The average molecular weight is 573 g/mol. The number of ketones is 1. The fourth-order valence-electron chi connectivity index (χ4n) is 6.33. The van der Waals surface area contributed by atoms with Crippen molar-refractivity contribution in [2.75, 3.05) is 26.2 Å². The molecule has 3 aliphatic rings. The van der Waals surface area contributed by atoms with Gasteiger partial charge in [0.05, 0.1) is 50.3 Å². The summed E-state index contributed by atoms with van der Waals surface area (Å²) in [5, 5.41) is 0.229. The second-order valence-electron chi connectivity index (χ2n) is 10.2. The van der Waals surface area contributed by atoms with Crippen molar-refractivity contribution in [1.82, 2.24) is 4.90 Å². The molecule has 0 aliphatic carbocycles. The van der Waals surface area contributed by atoms with Gasteiger partial charge in [-0.15, -0.1) is 11.3 Å². The Morgan fingerprint density at radius 3 is 2.37 bits per heavy atom. The Bertz CT molecular complexity index is 1660. The first-order valence-corrected chi connectivity index (χ1v) is 13.9. The number of aryl methyl sites for hydroxylation is 1. The number of hydrogen-bond acceptors (Lipinski definition) is 9. The van der Waals surface area contributed by atoms with Gasteiger partial charge < -0.3 is 19.1 Å². The normalized spacial score (nSPS) is 22.4. The van der Waals surface area contributed by atoms with E-state index in [1.807, 2.05) is 42.2 Å². The minimum Gasteiger partial charge on any atom is -0.497 e. The average Bonchev–Trinajstić information content (AvgIpc) is 3.58. The number of hydrogen-bond donors (Lipinski definition) is 0. The SMILES string of the molecule is COC(=O)c1c(N2C(=O)[C@@H]3[C@H](C2=O)C2c4ccccc4C=CN2[C@@H]3C(=O)c2cc(OC)ccc2OC)sc(C)c1C. The fraction of sp³-hybridized carbons (Fsp3) is 0.290. The number of Topliss-reactive ketones (excluding diaryl/α,β-unsaturated/α-hetero) is 1. The number of anilines is 1. The van der Waals surface area contributed by atoms with Gasteiger partial charge in [-0.05, 0) is 54.8 Å². The number of carbonyl (C=O) groups is 4. The molecule has 2 aromatic carbocycles. The summed E-state index contributed by atoms with van der Waals surface area (Å²) in [6.07, 6.45) is 3.69. The molecule has 3 aromatic rings. The molecule has 4 heterocycles. The first-order chi connectivity index (χ1) is 19.7. The zero-order valence-electron chi connectivity index (χ0n) is 23.2. The van der Waals surface area contributed by atoms with E-state index < -0.39 is 41.7 Å². The highest BCUT2D eigenvalue weighted by Gasteiger charge is 2.65. The molecule has 9 nitrogen and oxygen atoms in total. The van der Waals surface area contributed by atoms with Crippen LogP contribution in [-0.2, 0) is 14.3 Å². The van der Waals surface area contributed by atoms with E-state index in [1.54, 1.807) is 31.3 Å². The molecule has 0 spiro atoms. The number of methoxy groups -OCH3 is 3. The highest BCUT2D eigenvalue weighted by atomic mass is 32.1. The molecule has 0 saturated carbocycles. The molecule has 210 valence electrons. The zero-order valence-corrected chi connectivity index (χ0v) is 24.0. The Balaban J connectivity index is 1.53. The number of benzene rings is 2. The molecule has 10 heteroatoms. The van der Waals surface area contributed by atoms with Crippen molar-refractivity contribution in [1.29, 1.82) is 0 Å². The summed E-state index contributed by atoms with van der Waals surface area (Å²) in [5.41, 5.74) is 2.86. The molecule has 41 heavy (non-hydrogen) atoms. The Morgan fingerprint density at radius 1 is 0.927 bits per heavy atom. The molecule has 1 unspecified atom stereocenters. The molecular formula is C31H28N2O7S. The summed E-state index contributed by atoms with van der Waals surface area (Å²) < 4.78 is 15.9. The maximum Gasteiger partial charge on any atom is 0.341 e. The Kier molecular flexibility index (Phi) is 6.45. The molecule has 3 aliphatic heterocycles. The van der Waals surface area contributed by atoms with Gasteiger partial charge in [0.1, 0.15) is 22.5 Å². The van der Waals surface area contributed by atoms with Crippen LogP contribution in [0.1, 0.15) is 48.3 Å². The summed E-state index contributed by atoms with van der Waals surface area (Å²) in [6, 6.07) is 11.0. The lowest BCUT2D eigenvalue weighted by molar-refractivity contribution is -0.123. The van der Waals surface area contributed by atoms with Gasteiger partial charge >= 0.3 is 5.97 Å². The second-order valence-corrected chi connectivity index (χ2v) is 11.4. The summed E-state index contributed by atoms with van der Waals surface area (Å²) in [6.45, 7) is 3.59. The van der Waals surface area contributed by atoms with Gasteiger partial charge in [-0.1, -0.05) is 24.3 Å². The van der Waals surface area contributed by atoms with E-state index in [1.165, 1.54) is 32.7 Å². The van der Waals surface area contributed by atoms with Crippen molar-refractivity contribution in [2.24, 2.45) is 11.8 Å². The van der Waals surface area contributed by atoms with Crippen LogP contribution in [0.4, 0.5) is 5.00 Å². The van der Waals surface area contributed by atoms with E-state index in [0.717, 1.165) is 20.9 Å². The lowest BCUT2D eigenvalue weighted by atomic mass is 9.83. The number of carbonyl (C=O) groups excluding carboxylic acids is 4. The van der Waals surface area contributed by atoms with Crippen molar-refractivity contribution >= 4 is 46.0 Å². The number of rotatable bonds is 6. The van der Waals surface area contributed by atoms with Crippen LogP contribution in [0.3, 0.4) is 0 Å². The minimum absolute atomic E-state index is 0.190. The van der Waals surface area contributed by atoms with Crippen molar-refractivity contribution in [2.45, 2.75) is 25.9 Å². The van der Waals surface area contributed by atoms with Crippen LogP contribution in [0.2, 0.25) is 0 Å². The van der Waals surface area contributed by atoms with Gasteiger partial charge in [-0.3, -0.25) is 14.4 Å². The predicted molar refractivity (Wildman–Crippen MR) is 152 cm³/mol. The lowest BCUT2D eigenvalue weighted by Crippen LogP contribution is -2.44. The molecule has 2 amide bonds.